The number of nitrogens with zero attached hydrogens (tertiary/aromatic N) is 3. The van der Waals surface area contributed by atoms with Gasteiger partial charge in [-0.1, -0.05) is 30.3 Å². The van der Waals surface area contributed by atoms with Crippen molar-refractivity contribution in [2.75, 3.05) is 12.0 Å². The standard InChI is InChI=1S/C30H36N4O5/c1-18-9-14-23-25(33(18)30(38)39-3)15-16-26-27(23)32-28(34(26)22-12-10-21(11-13-22)29(36)37)24(31-19(2)35)17-20-7-5-4-6-8-20/h4-8,15-16,18,21-22,24H,9-14,17H2,1-3H3,(H,31,35)(H,36,37)/t18?,21?,22?,24-/m1/s1. The van der Waals surface area contributed by atoms with Crippen molar-refractivity contribution in [3.63, 3.8) is 0 Å². The summed E-state index contributed by atoms with van der Waals surface area (Å²) < 4.78 is 7.33. The Bertz CT molecular complexity index is 1380. The molecule has 5 rings (SSSR count). The maximum atomic E-state index is 12.7. The third kappa shape index (κ3) is 5.22. The lowest BCUT2D eigenvalue weighted by atomic mass is 9.85. The zero-order valence-electron chi connectivity index (χ0n) is 22.7. The smallest absolute Gasteiger partial charge is 0.414 e. The molecule has 1 saturated carbocycles. The molecule has 2 N–H and O–H groups in total. The van der Waals surface area contributed by atoms with Gasteiger partial charge >= 0.3 is 12.1 Å². The van der Waals surface area contributed by atoms with Crippen LogP contribution in [0.3, 0.4) is 0 Å². The molecule has 9 heteroatoms. The van der Waals surface area contributed by atoms with Crippen LogP contribution in [0, 0.1) is 5.92 Å². The van der Waals surface area contributed by atoms with Crippen molar-refractivity contribution >= 4 is 34.7 Å². The van der Waals surface area contributed by atoms with Crippen molar-refractivity contribution < 1.29 is 24.2 Å². The fourth-order valence-corrected chi connectivity index (χ4v) is 6.31. The van der Waals surface area contributed by atoms with Gasteiger partial charge in [0.15, 0.2) is 0 Å². The zero-order valence-corrected chi connectivity index (χ0v) is 22.7. The van der Waals surface area contributed by atoms with Crippen LogP contribution in [0.25, 0.3) is 11.0 Å². The number of rotatable bonds is 6. The molecule has 2 aliphatic rings. The van der Waals surface area contributed by atoms with Gasteiger partial charge in [-0.05, 0) is 69.6 Å². The van der Waals surface area contributed by atoms with E-state index in [0.29, 0.717) is 19.3 Å². The molecule has 0 bridgehead atoms. The number of anilines is 1. The number of fused-ring (bicyclic) bond motifs is 3. The van der Waals surface area contributed by atoms with Crippen LogP contribution in [-0.4, -0.2) is 45.8 Å². The van der Waals surface area contributed by atoms with Gasteiger partial charge in [-0.2, -0.15) is 0 Å². The second-order valence-corrected chi connectivity index (χ2v) is 10.8. The SMILES string of the molecule is COC(=O)N1c2ccc3c(nc([C@@H](Cc4ccccc4)NC(C)=O)n3C3CCC(C(=O)O)CC3)c2CCC1C. The highest BCUT2D eigenvalue weighted by molar-refractivity contribution is 5.95. The summed E-state index contributed by atoms with van der Waals surface area (Å²) in [6.07, 6.45) is 4.37. The number of hydrogen-bond acceptors (Lipinski definition) is 5. The molecule has 0 saturated heterocycles. The van der Waals surface area contributed by atoms with E-state index in [1.807, 2.05) is 49.4 Å². The van der Waals surface area contributed by atoms with E-state index in [0.717, 1.165) is 59.4 Å². The number of carbonyl (C=O) groups is 3. The summed E-state index contributed by atoms with van der Waals surface area (Å²) in [6, 6.07) is 13.7. The van der Waals surface area contributed by atoms with E-state index in [2.05, 4.69) is 9.88 Å². The van der Waals surface area contributed by atoms with Gasteiger partial charge < -0.3 is 19.7 Å². The minimum absolute atomic E-state index is 0.000427. The van der Waals surface area contributed by atoms with E-state index < -0.39 is 12.1 Å². The molecule has 0 spiro atoms. The van der Waals surface area contributed by atoms with E-state index in [4.69, 9.17) is 9.72 Å². The van der Waals surface area contributed by atoms with Crippen LogP contribution in [0.4, 0.5) is 10.5 Å². The number of methoxy groups -OCH3 is 1. The van der Waals surface area contributed by atoms with Crippen LogP contribution in [0.5, 0.6) is 0 Å². The van der Waals surface area contributed by atoms with Crippen LogP contribution in [0.2, 0.25) is 0 Å². The van der Waals surface area contributed by atoms with E-state index in [-0.39, 0.29) is 30.0 Å². The molecule has 3 aromatic rings. The Morgan fingerprint density at radius 3 is 2.44 bits per heavy atom. The fourth-order valence-electron chi connectivity index (χ4n) is 6.31. The largest absolute Gasteiger partial charge is 0.481 e. The normalized spacial score (nSPS) is 21.7. The number of aliphatic carboxylic acids is 1. The predicted octanol–water partition coefficient (Wildman–Crippen LogP) is 5.18. The van der Waals surface area contributed by atoms with Crippen LogP contribution in [0.15, 0.2) is 42.5 Å². The Balaban J connectivity index is 1.66. The van der Waals surface area contributed by atoms with E-state index in [9.17, 15) is 19.5 Å². The fraction of sp³-hybridized carbons (Fsp3) is 0.467. The highest BCUT2D eigenvalue weighted by atomic mass is 16.5. The number of ether oxygens (including phenoxy) is 1. The Morgan fingerprint density at radius 2 is 1.79 bits per heavy atom. The van der Waals surface area contributed by atoms with Gasteiger partial charge in [-0.25, -0.2) is 9.78 Å². The second kappa shape index (κ2) is 11.1. The van der Waals surface area contributed by atoms with Crippen molar-refractivity contribution in [2.24, 2.45) is 5.92 Å². The number of aromatic nitrogens is 2. The minimum atomic E-state index is -0.740. The molecule has 0 radical (unpaired) electrons. The number of carboxylic acids is 1. The van der Waals surface area contributed by atoms with Crippen LogP contribution in [0.1, 0.15) is 75.0 Å². The van der Waals surface area contributed by atoms with Crippen molar-refractivity contribution in [1.82, 2.24) is 14.9 Å². The molecule has 2 amide bonds. The van der Waals surface area contributed by atoms with Gasteiger partial charge in [-0.15, -0.1) is 0 Å². The second-order valence-electron chi connectivity index (χ2n) is 10.8. The van der Waals surface area contributed by atoms with E-state index in [1.54, 1.807) is 4.90 Å². The summed E-state index contributed by atoms with van der Waals surface area (Å²) >= 11 is 0. The van der Waals surface area contributed by atoms with Gasteiger partial charge in [0.25, 0.3) is 0 Å². The van der Waals surface area contributed by atoms with Crippen molar-refractivity contribution in [3.8, 4) is 0 Å². The Hall–Kier alpha value is -3.88. The lowest BCUT2D eigenvalue weighted by Crippen LogP contribution is -2.42. The number of benzene rings is 2. The average Bonchev–Trinajstić information content (AvgIpc) is 3.32. The van der Waals surface area contributed by atoms with Crippen LogP contribution >= 0.6 is 0 Å². The lowest BCUT2D eigenvalue weighted by molar-refractivity contribution is -0.143. The topological polar surface area (TPSA) is 114 Å². The van der Waals surface area contributed by atoms with Gasteiger partial charge in [0.1, 0.15) is 5.82 Å². The number of carbonyl (C=O) groups excluding carboxylic acids is 2. The van der Waals surface area contributed by atoms with Gasteiger partial charge in [0.2, 0.25) is 5.91 Å². The number of hydrogen-bond donors (Lipinski definition) is 2. The summed E-state index contributed by atoms with van der Waals surface area (Å²) in [7, 11) is 1.39. The summed E-state index contributed by atoms with van der Waals surface area (Å²) in [5.41, 5.74) is 4.66. The van der Waals surface area contributed by atoms with E-state index >= 15 is 0 Å². The molecule has 206 valence electrons. The maximum absolute atomic E-state index is 12.7. The number of imidazole rings is 1. The molecule has 2 heterocycles. The van der Waals surface area contributed by atoms with Crippen LogP contribution < -0.4 is 10.2 Å². The number of carboxylic acid groups (broad SMARTS) is 1. The molecular weight excluding hydrogens is 496 g/mol. The van der Waals surface area contributed by atoms with Crippen molar-refractivity contribution in [3.05, 3.63) is 59.4 Å². The summed E-state index contributed by atoms with van der Waals surface area (Å²) in [4.78, 5) is 43.6. The quantitative estimate of drug-likeness (QED) is 0.452. The lowest BCUT2D eigenvalue weighted by Gasteiger charge is -2.34. The maximum Gasteiger partial charge on any atom is 0.414 e. The molecule has 1 aromatic heterocycles. The number of amides is 2. The van der Waals surface area contributed by atoms with Gasteiger partial charge in [0.05, 0.1) is 35.8 Å². The highest BCUT2D eigenvalue weighted by Gasteiger charge is 2.35. The molecule has 1 aliphatic carbocycles. The third-order valence-corrected chi connectivity index (χ3v) is 8.24. The summed E-state index contributed by atoms with van der Waals surface area (Å²) in [5, 5.41) is 12.7. The Morgan fingerprint density at radius 1 is 1.08 bits per heavy atom. The first-order valence-electron chi connectivity index (χ1n) is 13.7. The monoisotopic (exact) mass is 532 g/mol. The van der Waals surface area contributed by atoms with Crippen molar-refractivity contribution in [2.45, 2.75) is 76.9 Å². The molecule has 2 atom stereocenters. The van der Waals surface area contributed by atoms with Gasteiger partial charge in [0, 0.05) is 24.6 Å². The Labute approximate surface area is 228 Å². The molecule has 1 unspecified atom stereocenters. The third-order valence-electron chi connectivity index (χ3n) is 8.24. The molecule has 39 heavy (non-hydrogen) atoms. The van der Waals surface area contributed by atoms with Crippen LogP contribution in [-0.2, 0) is 27.2 Å². The average molecular weight is 533 g/mol. The number of aryl methyl sites for hydroxylation is 1. The first-order chi connectivity index (χ1) is 18.8. The molecule has 9 nitrogen and oxygen atoms in total. The Kier molecular flexibility index (Phi) is 7.59. The molecule has 1 aliphatic heterocycles. The summed E-state index contributed by atoms with van der Waals surface area (Å²) in [5.74, 6) is -0.454. The predicted molar refractivity (Wildman–Crippen MR) is 148 cm³/mol. The van der Waals surface area contributed by atoms with Gasteiger partial charge in [-0.3, -0.25) is 14.5 Å². The summed E-state index contributed by atoms with van der Waals surface area (Å²) in [6.45, 7) is 3.53. The highest BCUT2D eigenvalue weighted by Crippen LogP contribution is 2.41. The first kappa shape index (κ1) is 26.7. The molecule has 1 fully saturated rings. The number of nitrogens with one attached hydrogen (secondary N) is 1. The molecule has 2 aromatic carbocycles. The first-order valence-corrected chi connectivity index (χ1v) is 13.7. The van der Waals surface area contributed by atoms with E-state index in [1.165, 1.54) is 14.0 Å². The van der Waals surface area contributed by atoms with Crippen molar-refractivity contribution in [1.29, 1.82) is 0 Å². The molecular formula is C30H36N4O5. The zero-order chi connectivity index (χ0) is 27.7. The minimum Gasteiger partial charge on any atom is -0.481 e.